The van der Waals surface area contributed by atoms with Gasteiger partial charge in [0, 0.05) is 19.5 Å². The molecule has 0 saturated carbocycles. The molecule has 4 rings (SSSR count). The predicted molar refractivity (Wildman–Crippen MR) is 108 cm³/mol. The van der Waals surface area contributed by atoms with E-state index in [1.165, 1.54) is 10.5 Å². The third kappa shape index (κ3) is 3.39. The summed E-state index contributed by atoms with van der Waals surface area (Å²) < 4.78 is 5.29. The van der Waals surface area contributed by atoms with Crippen LogP contribution in [0.2, 0.25) is 0 Å². The van der Waals surface area contributed by atoms with Crippen molar-refractivity contribution in [1.29, 1.82) is 0 Å². The van der Waals surface area contributed by atoms with Crippen molar-refractivity contribution < 1.29 is 19.1 Å². The molecule has 29 heavy (non-hydrogen) atoms. The van der Waals surface area contributed by atoms with Crippen LogP contribution < -0.4 is 4.74 Å². The first kappa shape index (κ1) is 19.2. The van der Waals surface area contributed by atoms with Gasteiger partial charge in [0.1, 0.15) is 5.75 Å². The van der Waals surface area contributed by atoms with Gasteiger partial charge in [0.25, 0.3) is 11.8 Å². The Morgan fingerprint density at radius 1 is 1.10 bits per heavy atom. The van der Waals surface area contributed by atoms with E-state index in [0.29, 0.717) is 30.5 Å². The van der Waals surface area contributed by atoms with Crippen LogP contribution in [0.15, 0.2) is 42.5 Å². The molecule has 1 unspecified atom stereocenters. The van der Waals surface area contributed by atoms with E-state index in [4.69, 9.17) is 4.74 Å². The van der Waals surface area contributed by atoms with Gasteiger partial charge in [-0.15, -0.1) is 0 Å². The molecular formula is C23H24N2O4. The number of imide groups is 1. The van der Waals surface area contributed by atoms with Crippen molar-refractivity contribution in [2.45, 2.75) is 32.2 Å². The summed E-state index contributed by atoms with van der Waals surface area (Å²) in [6.07, 6.45) is 1.56. The van der Waals surface area contributed by atoms with Crippen molar-refractivity contribution in [2.24, 2.45) is 0 Å². The Balaban J connectivity index is 1.36. The normalized spacial score (nSPS) is 17.9. The molecule has 1 atom stereocenters. The smallest absolute Gasteiger partial charge is 0.261 e. The molecule has 0 fully saturated rings. The maximum atomic E-state index is 12.8. The van der Waals surface area contributed by atoms with E-state index >= 15 is 0 Å². The van der Waals surface area contributed by atoms with Gasteiger partial charge in [-0.2, -0.15) is 0 Å². The van der Waals surface area contributed by atoms with Crippen molar-refractivity contribution in [3.63, 3.8) is 0 Å². The molecule has 0 N–H and O–H groups in total. The van der Waals surface area contributed by atoms with Crippen molar-refractivity contribution >= 4 is 17.7 Å². The van der Waals surface area contributed by atoms with E-state index in [1.54, 1.807) is 31.4 Å². The number of carbonyl (C=O) groups excluding carboxylic acids is 3. The van der Waals surface area contributed by atoms with Crippen LogP contribution in [0.5, 0.6) is 5.75 Å². The Labute approximate surface area is 170 Å². The zero-order valence-corrected chi connectivity index (χ0v) is 16.7. The minimum absolute atomic E-state index is 0.00328. The zero-order chi connectivity index (χ0) is 20.5. The second-order valence-electron chi connectivity index (χ2n) is 7.49. The number of hydrogen-bond donors (Lipinski definition) is 0. The molecule has 0 aromatic heterocycles. The number of hydrogen-bond acceptors (Lipinski definition) is 4. The highest BCUT2D eigenvalue weighted by atomic mass is 16.5. The lowest BCUT2D eigenvalue weighted by Crippen LogP contribution is -2.39. The summed E-state index contributed by atoms with van der Waals surface area (Å²) in [5.41, 5.74) is 3.25. The van der Waals surface area contributed by atoms with Crippen LogP contribution in [-0.2, 0) is 11.2 Å². The van der Waals surface area contributed by atoms with E-state index < -0.39 is 0 Å². The van der Waals surface area contributed by atoms with Gasteiger partial charge in [-0.1, -0.05) is 18.2 Å². The van der Waals surface area contributed by atoms with Crippen LogP contribution in [0, 0.1) is 0 Å². The Hall–Kier alpha value is -3.15. The quantitative estimate of drug-likeness (QED) is 0.733. The number of rotatable bonds is 5. The van der Waals surface area contributed by atoms with E-state index in [-0.39, 0.29) is 30.3 Å². The summed E-state index contributed by atoms with van der Waals surface area (Å²) in [4.78, 5) is 40.8. The molecule has 2 heterocycles. The molecule has 0 spiro atoms. The summed E-state index contributed by atoms with van der Waals surface area (Å²) in [5, 5.41) is 0. The van der Waals surface area contributed by atoms with Crippen molar-refractivity contribution in [3.05, 3.63) is 64.7 Å². The number of carbonyl (C=O) groups is 3. The van der Waals surface area contributed by atoms with Crippen LogP contribution in [0.1, 0.15) is 57.7 Å². The molecule has 150 valence electrons. The molecule has 2 aliphatic rings. The molecule has 0 saturated heterocycles. The number of ether oxygens (including phenoxy) is 1. The lowest BCUT2D eigenvalue weighted by molar-refractivity contribution is -0.133. The SMILES string of the molecule is COc1ccc2c(c1)CCN(C(=O)CCCN1C(=O)c3ccccc3C1=O)C2C. The van der Waals surface area contributed by atoms with Crippen molar-refractivity contribution in [1.82, 2.24) is 9.80 Å². The number of fused-ring (bicyclic) bond motifs is 2. The van der Waals surface area contributed by atoms with E-state index in [9.17, 15) is 14.4 Å². The average Bonchev–Trinajstić information content (AvgIpc) is 2.98. The van der Waals surface area contributed by atoms with Crippen molar-refractivity contribution in [2.75, 3.05) is 20.2 Å². The molecule has 0 aliphatic carbocycles. The van der Waals surface area contributed by atoms with Gasteiger partial charge in [-0.05, 0) is 55.2 Å². The second-order valence-corrected chi connectivity index (χ2v) is 7.49. The van der Waals surface area contributed by atoms with E-state index in [2.05, 4.69) is 0 Å². The minimum atomic E-state index is -0.271. The largest absolute Gasteiger partial charge is 0.497 e. The number of methoxy groups -OCH3 is 1. The van der Waals surface area contributed by atoms with Gasteiger partial charge in [0.05, 0.1) is 24.3 Å². The molecule has 0 radical (unpaired) electrons. The fourth-order valence-corrected chi connectivity index (χ4v) is 4.25. The molecule has 2 aromatic rings. The highest BCUT2D eigenvalue weighted by molar-refractivity contribution is 6.21. The van der Waals surface area contributed by atoms with Crippen LogP contribution in [-0.4, -0.2) is 47.7 Å². The van der Waals surface area contributed by atoms with Crippen LogP contribution in [0.25, 0.3) is 0 Å². The predicted octanol–water partition coefficient (Wildman–Crippen LogP) is 3.22. The van der Waals surface area contributed by atoms with Crippen molar-refractivity contribution in [3.8, 4) is 5.75 Å². The lowest BCUT2D eigenvalue weighted by Gasteiger charge is -2.35. The monoisotopic (exact) mass is 392 g/mol. The van der Waals surface area contributed by atoms with Crippen LogP contribution in [0.3, 0.4) is 0 Å². The Morgan fingerprint density at radius 3 is 2.45 bits per heavy atom. The maximum absolute atomic E-state index is 12.8. The van der Waals surface area contributed by atoms with Gasteiger partial charge >= 0.3 is 0 Å². The molecule has 6 heteroatoms. The Kier molecular flexibility index (Phi) is 5.09. The van der Waals surface area contributed by atoms with Crippen LogP contribution >= 0.6 is 0 Å². The molecular weight excluding hydrogens is 368 g/mol. The van der Waals surface area contributed by atoms with Gasteiger partial charge < -0.3 is 9.64 Å². The van der Waals surface area contributed by atoms with Gasteiger partial charge in [0.2, 0.25) is 5.91 Å². The topological polar surface area (TPSA) is 66.9 Å². The van der Waals surface area contributed by atoms with Gasteiger partial charge in [-0.3, -0.25) is 19.3 Å². The highest BCUT2D eigenvalue weighted by Crippen LogP contribution is 2.32. The fourth-order valence-electron chi connectivity index (χ4n) is 4.25. The average molecular weight is 392 g/mol. The minimum Gasteiger partial charge on any atom is -0.497 e. The third-order valence-corrected chi connectivity index (χ3v) is 5.86. The standard InChI is InChI=1S/C23H24N2O4/c1-15-18-10-9-17(29-2)14-16(18)11-13-24(15)21(26)8-5-12-25-22(27)19-6-3-4-7-20(19)23(25)28/h3-4,6-7,9-10,14-15H,5,8,11-13H2,1-2H3. The van der Waals surface area contributed by atoms with E-state index in [1.807, 2.05) is 30.0 Å². The van der Waals surface area contributed by atoms with Crippen LogP contribution in [0.4, 0.5) is 0 Å². The fraction of sp³-hybridized carbons (Fsp3) is 0.348. The zero-order valence-electron chi connectivity index (χ0n) is 16.7. The lowest BCUT2D eigenvalue weighted by atomic mass is 9.93. The van der Waals surface area contributed by atoms with Gasteiger partial charge in [0.15, 0.2) is 0 Å². The van der Waals surface area contributed by atoms with E-state index in [0.717, 1.165) is 17.7 Å². The number of benzene rings is 2. The summed E-state index contributed by atoms with van der Waals surface area (Å²) in [7, 11) is 1.65. The highest BCUT2D eigenvalue weighted by Gasteiger charge is 2.35. The first-order chi connectivity index (χ1) is 14.0. The first-order valence-corrected chi connectivity index (χ1v) is 9.92. The molecule has 6 nitrogen and oxygen atoms in total. The van der Waals surface area contributed by atoms with Gasteiger partial charge in [-0.25, -0.2) is 0 Å². The summed E-state index contributed by atoms with van der Waals surface area (Å²) >= 11 is 0. The number of amides is 3. The third-order valence-electron chi connectivity index (χ3n) is 5.86. The molecule has 3 amide bonds. The Morgan fingerprint density at radius 2 is 1.79 bits per heavy atom. The summed E-state index contributed by atoms with van der Waals surface area (Å²) in [5.74, 6) is 0.340. The first-order valence-electron chi connectivity index (χ1n) is 9.92. The molecule has 0 bridgehead atoms. The number of nitrogens with zero attached hydrogens (tertiary/aromatic N) is 2. The molecule has 2 aromatic carbocycles. The maximum Gasteiger partial charge on any atom is 0.261 e. The second kappa shape index (κ2) is 7.70. The summed E-state index contributed by atoms with van der Waals surface area (Å²) in [6, 6.07) is 12.8. The Bertz CT molecular complexity index is 950. The molecule has 2 aliphatic heterocycles. The summed E-state index contributed by atoms with van der Waals surface area (Å²) in [6.45, 7) is 2.95.